The van der Waals surface area contributed by atoms with E-state index in [1.165, 1.54) is 0 Å². The minimum Gasteiger partial charge on any atom is -0.392 e. The van der Waals surface area contributed by atoms with E-state index in [-0.39, 0.29) is 18.6 Å². The number of nitrogens with one attached hydrogen (secondary N) is 1. The predicted molar refractivity (Wildman–Crippen MR) is 78.8 cm³/mol. The minimum atomic E-state index is -0.193. The first-order valence-electron chi connectivity index (χ1n) is 5.82. The highest BCUT2D eigenvalue weighted by molar-refractivity contribution is 7.80. The van der Waals surface area contributed by atoms with Gasteiger partial charge in [-0.3, -0.25) is 0 Å². The van der Waals surface area contributed by atoms with E-state index >= 15 is 0 Å². The molecule has 4 nitrogen and oxygen atoms in total. The van der Waals surface area contributed by atoms with Crippen molar-refractivity contribution in [3.63, 3.8) is 0 Å². The third-order valence-corrected chi connectivity index (χ3v) is 2.64. The van der Waals surface area contributed by atoms with Gasteiger partial charge in [0.25, 0.3) is 0 Å². The van der Waals surface area contributed by atoms with E-state index in [4.69, 9.17) is 18.0 Å². The molecule has 0 aliphatic carbocycles. The maximum atomic E-state index is 12.1. The van der Waals surface area contributed by atoms with E-state index in [1.54, 1.807) is 4.90 Å². The van der Waals surface area contributed by atoms with Crippen molar-refractivity contribution < 1.29 is 4.79 Å². The highest BCUT2D eigenvalue weighted by Gasteiger charge is 2.17. The number of nitrogens with zero attached hydrogens (tertiary/aromatic N) is 1. The Labute approximate surface area is 113 Å². The van der Waals surface area contributed by atoms with E-state index in [2.05, 4.69) is 5.32 Å². The Morgan fingerprint density at radius 2 is 1.94 bits per heavy atom. The molecular weight excluding hydrogens is 246 g/mol. The Morgan fingerprint density at radius 1 is 1.39 bits per heavy atom. The van der Waals surface area contributed by atoms with Crippen LogP contribution in [0.5, 0.6) is 0 Å². The number of rotatable bonds is 4. The zero-order valence-corrected chi connectivity index (χ0v) is 11.8. The summed E-state index contributed by atoms with van der Waals surface area (Å²) >= 11 is 4.85. The van der Waals surface area contributed by atoms with Gasteiger partial charge < -0.3 is 16.0 Å². The molecule has 18 heavy (non-hydrogen) atoms. The molecule has 0 spiro atoms. The largest absolute Gasteiger partial charge is 0.392 e. The summed E-state index contributed by atoms with van der Waals surface area (Å²) in [7, 11) is 0. The molecule has 0 fully saturated rings. The van der Waals surface area contributed by atoms with Gasteiger partial charge in [0.2, 0.25) is 0 Å². The highest BCUT2D eigenvalue weighted by Crippen LogP contribution is 2.10. The third kappa shape index (κ3) is 4.33. The van der Waals surface area contributed by atoms with Crippen molar-refractivity contribution in [1.29, 1.82) is 0 Å². The minimum absolute atomic E-state index is 0.0388. The van der Waals surface area contributed by atoms with Crippen molar-refractivity contribution in [2.75, 3.05) is 11.9 Å². The number of benzene rings is 1. The Morgan fingerprint density at radius 3 is 2.39 bits per heavy atom. The molecule has 98 valence electrons. The molecule has 0 aromatic heterocycles. The van der Waals surface area contributed by atoms with Crippen molar-refractivity contribution in [2.45, 2.75) is 26.8 Å². The SMILES string of the molecule is Cc1ccc(NC(=O)N(CC(N)=S)C(C)C)cc1. The normalized spacial score (nSPS) is 10.2. The summed E-state index contributed by atoms with van der Waals surface area (Å²) < 4.78 is 0. The number of anilines is 1. The van der Waals surface area contributed by atoms with Crippen molar-refractivity contribution in [3.05, 3.63) is 29.8 Å². The molecule has 2 amide bonds. The highest BCUT2D eigenvalue weighted by atomic mass is 32.1. The lowest BCUT2D eigenvalue weighted by atomic mass is 10.2. The number of carbonyl (C=O) groups is 1. The van der Waals surface area contributed by atoms with Crippen LogP contribution >= 0.6 is 12.2 Å². The first-order chi connectivity index (χ1) is 8.40. The van der Waals surface area contributed by atoms with Gasteiger partial charge >= 0.3 is 6.03 Å². The van der Waals surface area contributed by atoms with Gasteiger partial charge in [-0.15, -0.1) is 0 Å². The molecule has 0 atom stereocenters. The zero-order valence-electron chi connectivity index (χ0n) is 10.9. The lowest BCUT2D eigenvalue weighted by molar-refractivity contribution is 0.206. The van der Waals surface area contributed by atoms with Crippen LogP contribution in [0.3, 0.4) is 0 Å². The van der Waals surface area contributed by atoms with E-state index in [1.807, 2.05) is 45.0 Å². The van der Waals surface area contributed by atoms with Gasteiger partial charge in [0, 0.05) is 11.7 Å². The van der Waals surface area contributed by atoms with E-state index < -0.39 is 0 Å². The van der Waals surface area contributed by atoms with Gasteiger partial charge in [-0.25, -0.2) is 4.79 Å². The number of nitrogens with two attached hydrogens (primary N) is 1. The maximum Gasteiger partial charge on any atom is 0.322 e. The van der Waals surface area contributed by atoms with E-state index in [0.29, 0.717) is 4.99 Å². The van der Waals surface area contributed by atoms with Crippen LogP contribution in [0.1, 0.15) is 19.4 Å². The summed E-state index contributed by atoms with van der Waals surface area (Å²) in [6.07, 6.45) is 0. The molecule has 3 N–H and O–H groups in total. The van der Waals surface area contributed by atoms with Crippen LogP contribution in [-0.2, 0) is 0 Å². The fraction of sp³-hybridized carbons (Fsp3) is 0.385. The van der Waals surface area contributed by atoms with Crippen molar-refractivity contribution in [2.24, 2.45) is 5.73 Å². The summed E-state index contributed by atoms with van der Waals surface area (Å²) in [6, 6.07) is 7.48. The van der Waals surface area contributed by atoms with Crippen molar-refractivity contribution in [3.8, 4) is 0 Å². The van der Waals surface area contributed by atoms with Crippen LogP contribution in [0.25, 0.3) is 0 Å². The molecule has 1 rings (SSSR count). The van der Waals surface area contributed by atoms with Crippen LogP contribution < -0.4 is 11.1 Å². The number of amides is 2. The molecule has 0 unspecified atom stereocenters. The number of carbonyl (C=O) groups excluding carboxylic acids is 1. The fourth-order valence-electron chi connectivity index (χ4n) is 1.49. The topological polar surface area (TPSA) is 58.4 Å². The second-order valence-electron chi connectivity index (χ2n) is 4.48. The number of urea groups is 1. The summed E-state index contributed by atoms with van der Waals surface area (Å²) in [5.74, 6) is 0. The molecule has 5 heteroatoms. The van der Waals surface area contributed by atoms with Crippen LogP contribution in [-0.4, -0.2) is 28.5 Å². The quantitative estimate of drug-likeness (QED) is 0.822. The number of hydrogen-bond donors (Lipinski definition) is 2. The Hall–Kier alpha value is -1.62. The van der Waals surface area contributed by atoms with Gasteiger partial charge in [-0.2, -0.15) is 0 Å². The van der Waals surface area contributed by atoms with Gasteiger partial charge in [-0.1, -0.05) is 29.9 Å². The smallest absolute Gasteiger partial charge is 0.322 e. The standard InChI is InChI=1S/C13H19N3OS/c1-9(2)16(8-12(14)18)13(17)15-11-6-4-10(3)5-7-11/h4-7,9H,8H2,1-3H3,(H2,14,18)(H,15,17). The predicted octanol–water partition coefficient (Wildman–Crippen LogP) is 2.52. The lowest BCUT2D eigenvalue weighted by Gasteiger charge is -2.26. The van der Waals surface area contributed by atoms with Gasteiger partial charge in [0.1, 0.15) is 0 Å². The first-order valence-corrected chi connectivity index (χ1v) is 6.23. The number of thiocarbonyl (C=S) groups is 1. The maximum absolute atomic E-state index is 12.1. The number of hydrogen-bond acceptors (Lipinski definition) is 2. The van der Waals surface area contributed by atoms with E-state index in [9.17, 15) is 4.79 Å². The average Bonchev–Trinajstić information content (AvgIpc) is 2.28. The molecule has 0 radical (unpaired) electrons. The summed E-state index contributed by atoms with van der Waals surface area (Å²) in [5.41, 5.74) is 7.40. The number of aryl methyl sites for hydroxylation is 1. The van der Waals surface area contributed by atoms with Gasteiger partial charge in [-0.05, 0) is 32.9 Å². The van der Waals surface area contributed by atoms with Crippen LogP contribution in [0, 0.1) is 6.92 Å². The fourth-order valence-corrected chi connectivity index (χ4v) is 1.63. The Bertz CT molecular complexity index is 428. The van der Waals surface area contributed by atoms with Gasteiger partial charge in [0.05, 0.1) is 11.5 Å². The molecule has 1 aromatic carbocycles. The van der Waals surface area contributed by atoms with Crippen LogP contribution in [0.4, 0.5) is 10.5 Å². The molecular formula is C13H19N3OS. The molecule has 0 saturated carbocycles. The third-order valence-electron chi connectivity index (χ3n) is 2.51. The molecule has 1 aromatic rings. The summed E-state index contributed by atoms with van der Waals surface area (Å²) in [5, 5.41) is 2.83. The van der Waals surface area contributed by atoms with Gasteiger partial charge in [0.15, 0.2) is 0 Å². The summed E-state index contributed by atoms with van der Waals surface area (Å²) in [6.45, 7) is 6.13. The van der Waals surface area contributed by atoms with Crippen LogP contribution in [0.2, 0.25) is 0 Å². The molecule has 0 aliphatic heterocycles. The summed E-state index contributed by atoms with van der Waals surface area (Å²) in [4.78, 5) is 14.0. The van der Waals surface area contributed by atoms with Crippen molar-refractivity contribution >= 4 is 28.9 Å². The van der Waals surface area contributed by atoms with E-state index in [0.717, 1.165) is 11.3 Å². The molecule has 0 aliphatic rings. The molecule has 0 bridgehead atoms. The van der Waals surface area contributed by atoms with Crippen molar-refractivity contribution in [1.82, 2.24) is 4.90 Å². The molecule has 0 heterocycles. The lowest BCUT2D eigenvalue weighted by Crippen LogP contribution is -2.44. The zero-order chi connectivity index (χ0) is 13.7. The monoisotopic (exact) mass is 265 g/mol. The molecule has 0 saturated heterocycles. The van der Waals surface area contributed by atoms with Crippen LogP contribution in [0.15, 0.2) is 24.3 Å². The average molecular weight is 265 g/mol. The second-order valence-corrected chi connectivity index (χ2v) is 5.01. The second kappa shape index (κ2) is 6.35. The first kappa shape index (κ1) is 14.4. The Kier molecular flexibility index (Phi) is 5.09. The Balaban J connectivity index is 2.72.